The number of primary amides is 1. The van der Waals surface area contributed by atoms with Crippen molar-refractivity contribution in [2.45, 2.75) is 30.9 Å². The molecule has 202 valence electrons. The van der Waals surface area contributed by atoms with Gasteiger partial charge in [-0.25, -0.2) is 9.97 Å². The van der Waals surface area contributed by atoms with E-state index in [0.29, 0.717) is 81.1 Å². The van der Waals surface area contributed by atoms with Crippen LogP contribution >= 0.6 is 31.9 Å². The number of hydrogen-bond donors (Lipinski definition) is 2. The number of fused-ring (bicyclic) bond motifs is 1. The van der Waals surface area contributed by atoms with Crippen molar-refractivity contribution in [1.82, 2.24) is 15.3 Å². The van der Waals surface area contributed by atoms with E-state index in [1.165, 1.54) is 0 Å². The summed E-state index contributed by atoms with van der Waals surface area (Å²) in [5.41, 5.74) is 8.68. The quantitative estimate of drug-likeness (QED) is 0.188. The molecule has 0 aliphatic carbocycles. The molecule has 0 fully saturated rings. The number of nitrogens with two attached hydrogens (primary N) is 1. The lowest BCUT2D eigenvalue weighted by Crippen LogP contribution is -2.27. The Balaban J connectivity index is 0.00000316. The van der Waals surface area contributed by atoms with Crippen LogP contribution in [0.3, 0.4) is 0 Å². The van der Waals surface area contributed by atoms with Crippen LogP contribution in [0, 0.1) is 0 Å². The fourth-order valence-corrected chi connectivity index (χ4v) is 3.65. The highest BCUT2D eigenvalue weighted by Crippen LogP contribution is 2.18. The molecule has 10 nitrogen and oxygen atoms in total. The van der Waals surface area contributed by atoms with Gasteiger partial charge in [0.2, 0.25) is 5.91 Å². The monoisotopic (exact) mass is 634 g/mol. The number of nitrogens with zero attached hydrogens (tertiary/aromatic N) is 2. The maximum absolute atomic E-state index is 12.4. The first kappa shape index (κ1) is 32.3. The van der Waals surface area contributed by atoms with Crippen LogP contribution in [0.1, 0.15) is 42.0 Å². The summed E-state index contributed by atoms with van der Waals surface area (Å²) in [5, 5.41) is 4.05. The van der Waals surface area contributed by atoms with E-state index >= 15 is 0 Å². The first-order valence-electron chi connectivity index (χ1n) is 11.8. The maximum Gasteiger partial charge on any atom is 0.251 e. The minimum atomic E-state index is -0.382. The normalized spacial score (nSPS) is 10.7. The number of halogens is 2. The smallest absolute Gasteiger partial charge is 0.251 e. The van der Waals surface area contributed by atoms with E-state index in [-0.39, 0.29) is 18.2 Å². The van der Waals surface area contributed by atoms with Crippen LogP contribution in [0.15, 0.2) is 18.2 Å². The molecule has 0 saturated heterocycles. The Labute approximate surface area is 229 Å². The van der Waals surface area contributed by atoms with E-state index in [4.69, 9.17) is 24.7 Å². The minimum absolute atomic E-state index is 0.190. The second-order valence-corrected chi connectivity index (χ2v) is 8.13. The average Bonchev–Trinajstić information content (AvgIpc) is 2.90. The van der Waals surface area contributed by atoms with Gasteiger partial charge in [-0.2, -0.15) is 0 Å². The molecular weight excluding hydrogens is 600 g/mol. The van der Waals surface area contributed by atoms with Gasteiger partial charge in [0.1, 0.15) is 0 Å². The van der Waals surface area contributed by atoms with Crippen LogP contribution in [0.25, 0.3) is 11.0 Å². The number of hydrogen-bond acceptors (Lipinski definition) is 8. The van der Waals surface area contributed by atoms with Gasteiger partial charge in [0, 0.05) is 29.2 Å². The Kier molecular flexibility index (Phi) is 18.3. The van der Waals surface area contributed by atoms with E-state index in [2.05, 4.69) is 47.1 Å². The summed E-state index contributed by atoms with van der Waals surface area (Å²) in [6, 6.07) is 5.28. The second-order valence-electron chi connectivity index (χ2n) is 7.01. The lowest BCUT2D eigenvalue weighted by molar-refractivity contribution is -0.119. The summed E-state index contributed by atoms with van der Waals surface area (Å²) >= 11 is 6.85. The zero-order chi connectivity index (χ0) is 26.6. The molecule has 0 radical (unpaired) electrons. The van der Waals surface area contributed by atoms with E-state index < -0.39 is 0 Å². The van der Waals surface area contributed by atoms with Gasteiger partial charge in [-0.1, -0.05) is 45.7 Å². The fourth-order valence-electron chi connectivity index (χ4n) is 2.76. The number of amides is 2. The molecule has 3 N–H and O–H groups in total. The first-order valence-corrected chi connectivity index (χ1v) is 14.1. The summed E-state index contributed by atoms with van der Waals surface area (Å²) in [7, 11) is 0. The number of nitrogens with one attached hydrogen (secondary N) is 1. The highest BCUT2D eigenvalue weighted by molar-refractivity contribution is 9.09. The molecule has 2 amide bonds. The van der Waals surface area contributed by atoms with Gasteiger partial charge in [0.25, 0.3) is 5.91 Å². The van der Waals surface area contributed by atoms with E-state index in [0.717, 1.165) is 16.9 Å². The molecule has 36 heavy (non-hydrogen) atoms. The number of carbonyl (C=O) groups is 2. The van der Waals surface area contributed by atoms with Crippen LogP contribution in [-0.4, -0.2) is 81.2 Å². The van der Waals surface area contributed by atoms with Crippen molar-refractivity contribution < 1.29 is 28.5 Å². The lowest BCUT2D eigenvalue weighted by atomic mass is 10.1. The van der Waals surface area contributed by atoms with Crippen LogP contribution in [0.4, 0.5) is 0 Å². The zero-order valence-electron chi connectivity index (χ0n) is 20.9. The van der Waals surface area contributed by atoms with Crippen LogP contribution in [-0.2, 0) is 34.4 Å². The predicted octanol–water partition coefficient (Wildman–Crippen LogP) is 3.12. The van der Waals surface area contributed by atoms with Gasteiger partial charge in [-0.3, -0.25) is 9.59 Å². The fraction of sp³-hybridized carbons (Fsp3) is 0.583. The number of carbonyl (C=O) groups excluding carboxylic acids is 2. The molecule has 0 unspecified atom stereocenters. The average molecular weight is 636 g/mol. The summed E-state index contributed by atoms with van der Waals surface area (Å²) in [4.78, 5) is 32.1. The highest BCUT2D eigenvalue weighted by atomic mass is 79.9. The van der Waals surface area contributed by atoms with Crippen molar-refractivity contribution in [3.63, 3.8) is 0 Å². The first-order chi connectivity index (χ1) is 17.5. The molecule has 0 aliphatic heterocycles. The molecular formula is C24H36Br2N4O6. The number of rotatable bonds is 18. The molecule has 2 aromatic rings. The number of ether oxygens (including phenoxy) is 4. The standard InChI is InChI=1S/C22H30Br2N4O6.C2H6/c23-14-19-20(15-24)28-18-13-16(1-2-17(18)27-19)22(30)26-4-6-32-8-10-34-12-11-33-9-7-31-5-3-21(25)29;1-2/h1-2,13H,3-12,14-15H2,(H2,25,29)(H,26,30);1-2H3. The predicted molar refractivity (Wildman–Crippen MR) is 146 cm³/mol. The van der Waals surface area contributed by atoms with Crippen molar-refractivity contribution in [3.8, 4) is 0 Å². The Morgan fingerprint density at radius 2 is 1.31 bits per heavy atom. The van der Waals surface area contributed by atoms with E-state index in [1.807, 2.05) is 13.8 Å². The number of benzene rings is 1. The molecule has 1 aromatic carbocycles. The molecule has 0 atom stereocenters. The van der Waals surface area contributed by atoms with Crippen LogP contribution in [0.2, 0.25) is 0 Å². The molecule has 0 spiro atoms. The van der Waals surface area contributed by atoms with Crippen molar-refractivity contribution >= 4 is 54.7 Å². The van der Waals surface area contributed by atoms with Gasteiger partial charge in [-0.15, -0.1) is 0 Å². The third-order valence-electron chi connectivity index (χ3n) is 4.48. The molecule has 1 aromatic heterocycles. The zero-order valence-corrected chi connectivity index (χ0v) is 24.1. The number of aromatic nitrogens is 2. The van der Waals surface area contributed by atoms with Gasteiger partial charge in [-0.05, 0) is 18.2 Å². The Morgan fingerprint density at radius 3 is 1.83 bits per heavy atom. The molecule has 0 saturated carbocycles. The summed E-state index contributed by atoms with van der Waals surface area (Å²) < 4.78 is 21.4. The van der Waals surface area contributed by atoms with Gasteiger partial charge < -0.3 is 30.0 Å². The Morgan fingerprint density at radius 1 is 0.806 bits per heavy atom. The Bertz CT molecular complexity index is 920. The molecule has 0 aliphatic rings. The summed E-state index contributed by atoms with van der Waals surface area (Å²) in [6.45, 7) is 7.65. The maximum atomic E-state index is 12.4. The molecule has 1 heterocycles. The van der Waals surface area contributed by atoms with Crippen LogP contribution < -0.4 is 11.1 Å². The van der Waals surface area contributed by atoms with Crippen molar-refractivity contribution in [2.24, 2.45) is 5.73 Å². The van der Waals surface area contributed by atoms with Crippen molar-refractivity contribution in [2.75, 3.05) is 59.4 Å². The van der Waals surface area contributed by atoms with Gasteiger partial charge in [0.15, 0.2) is 0 Å². The largest absolute Gasteiger partial charge is 0.379 e. The van der Waals surface area contributed by atoms with Crippen LogP contribution in [0.5, 0.6) is 0 Å². The Hall–Kier alpha value is -1.70. The molecule has 0 bridgehead atoms. The highest BCUT2D eigenvalue weighted by Gasteiger charge is 2.10. The van der Waals surface area contributed by atoms with Gasteiger partial charge >= 0.3 is 0 Å². The van der Waals surface area contributed by atoms with Gasteiger partial charge in [0.05, 0.1) is 75.3 Å². The van der Waals surface area contributed by atoms with Crippen molar-refractivity contribution in [1.29, 1.82) is 0 Å². The third kappa shape index (κ3) is 13.0. The van der Waals surface area contributed by atoms with Crippen molar-refractivity contribution in [3.05, 3.63) is 35.2 Å². The minimum Gasteiger partial charge on any atom is -0.379 e. The lowest BCUT2D eigenvalue weighted by Gasteiger charge is -2.09. The SMILES string of the molecule is CC.NC(=O)CCOCCOCCOCCOCCNC(=O)c1ccc2nc(CBr)c(CBr)nc2c1. The van der Waals surface area contributed by atoms with E-state index in [1.54, 1.807) is 18.2 Å². The summed E-state index contributed by atoms with van der Waals surface area (Å²) in [6.07, 6.45) is 0.211. The topological polar surface area (TPSA) is 135 Å². The molecule has 2 rings (SSSR count). The molecule has 12 heteroatoms. The number of alkyl halides is 2. The third-order valence-corrected chi connectivity index (χ3v) is 5.54. The summed E-state index contributed by atoms with van der Waals surface area (Å²) in [5.74, 6) is -0.573. The van der Waals surface area contributed by atoms with E-state index in [9.17, 15) is 9.59 Å². The second kappa shape index (κ2) is 20.4.